The Bertz CT molecular complexity index is 1340. The summed E-state index contributed by atoms with van der Waals surface area (Å²) in [6.45, 7) is 6.70. The summed E-state index contributed by atoms with van der Waals surface area (Å²) in [4.78, 5) is 63.1. The summed E-state index contributed by atoms with van der Waals surface area (Å²) < 4.78 is 1.64. The van der Waals surface area contributed by atoms with Crippen molar-refractivity contribution >= 4 is 34.4 Å². The number of carbonyl (C=O) groups is 4. The minimum Gasteiger partial charge on any atom is -0.417 e. The molecule has 0 spiro atoms. The molecule has 0 bridgehead atoms. The van der Waals surface area contributed by atoms with Crippen LogP contribution in [0, 0.1) is 5.92 Å². The van der Waals surface area contributed by atoms with Crippen molar-refractivity contribution in [3.05, 3.63) is 36.0 Å². The second-order valence-corrected chi connectivity index (χ2v) is 13.1. The maximum Gasteiger partial charge on any atom is 0.243 e. The fourth-order valence-electron chi connectivity index (χ4n) is 6.71. The summed E-state index contributed by atoms with van der Waals surface area (Å²) in [7, 11) is 1.57. The fraction of sp³-hybridized carbons (Fsp3) is 0.657. The molecule has 1 unspecified atom stereocenters. The lowest BCUT2D eigenvalue weighted by Crippen LogP contribution is -2.57. The highest BCUT2D eigenvalue weighted by molar-refractivity contribution is 5.97. The van der Waals surface area contributed by atoms with Gasteiger partial charge in [0.15, 0.2) is 5.78 Å². The van der Waals surface area contributed by atoms with Crippen molar-refractivity contribution in [3.8, 4) is 0 Å². The van der Waals surface area contributed by atoms with E-state index in [2.05, 4.69) is 22.9 Å². The lowest BCUT2D eigenvalue weighted by atomic mass is 9.93. The van der Waals surface area contributed by atoms with E-state index in [0.717, 1.165) is 61.4 Å². The van der Waals surface area contributed by atoms with Crippen molar-refractivity contribution in [1.29, 1.82) is 0 Å². The monoisotopic (exact) mass is 638 g/mol. The summed E-state index contributed by atoms with van der Waals surface area (Å²) in [5.74, 6) is -1.31. The van der Waals surface area contributed by atoms with Crippen molar-refractivity contribution in [2.75, 3.05) is 20.2 Å². The predicted octanol–water partition coefficient (Wildman–Crippen LogP) is 2.87. The molecule has 6 atom stereocenters. The molecule has 2 aliphatic heterocycles. The second kappa shape index (κ2) is 16.9. The molecule has 5 N–H and O–H groups in total. The first-order valence-corrected chi connectivity index (χ1v) is 17.2. The van der Waals surface area contributed by atoms with Crippen molar-refractivity contribution in [2.45, 2.75) is 122 Å². The van der Waals surface area contributed by atoms with Gasteiger partial charge in [-0.25, -0.2) is 0 Å². The van der Waals surface area contributed by atoms with E-state index >= 15 is 0 Å². The Morgan fingerprint density at radius 3 is 2.41 bits per heavy atom. The lowest BCUT2D eigenvalue weighted by molar-refractivity contribution is -0.134. The van der Waals surface area contributed by atoms with Gasteiger partial charge in [-0.1, -0.05) is 71.1 Å². The van der Waals surface area contributed by atoms with Crippen LogP contribution in [0.5, 0.6) is 0 Å². The molecular weight excluding hydrogens is 584 g/mol. The normalized spacial score (nSPS) is 24.9. The predicted molar refractivity (Wildman–Crippen MR) is 179 cm³/mol. The number of carbonyl (C=O) groups excluding carboxylic acids is 4. The first-order valence-electron chi connectivity index (χ1n) is 17.2. The van der Waals surface area contributed by atoms with E-state index in [1.54, 1.807) is 11.8 Å². The van der Waals surface area contributed by atoms with Crippen LogP contribution in [0.15, 0.2) is 30.5 Å². The van der Waals surface area contributed by atoms with Gasteiger partial charge in [-0.3, -0.25) is 24.1 Å². The van der Waals surface area contributed by atoms with E-state index in [0.29, 0.717) is 25.8 Å². The highest BCUT2D eigenvalue weighted by atomic mass is 16.6. The van der Waals surface area contributed by atoms with E-state index in [1.807, 2.05) is 49.2 Å². The molecule has 2 saturated heterocycles. The molecule has 3 amide bonds. The number of unbranched alkanes of at least 4 members (excludes halogenated alkanes) is 2. The quantitative estimate of drug-likeness (QED) is 0.262. The zero-order valence-corrected chi connectivity index (χ0v) is 28.1. The first kappa shape index (κ1) is 35.4. The van der Waals surface area contributed by atoms with E-state index in [4.69, 9.17) is 10.6 Å². The van der Waals surface area contributed by atoms with Crippen molar-refractivity contribution in [2.24, 2.45) is 11.7 Å². The average Bonchev–Trinajstić information content (AvgIpc) is 3.42. The van der Waals surface area contributed by atoms with Crippen LogP contribution in [0.4, 0.5) is 0 Å². The number of fused-ring (bicyclic) bond motifs is 2. The maximum atomic E-state index is 14.1. The number of para-hydroxylation sites is 1. The lowest BCUT2D eigenvalue weighted by Gasteiger charge is -2.36. The molecule has 254 valence electrons. The van der Waals surface area contributed by atoms with Crippen LogP contribution in [-0.2, 0) is 25.6 Å². The molecule has 2 aliphatic rings. The van der Waals surface area contributed by atoms with Gasteiger partial charge in [0, 0.05) is 24.0 Å². The van der Waals surface area contributed by atoms with Gasteiger partial charge in [0.1, 0.15) is 19.2 Å². The molecule has 3 heterocycles. The fourth-order valence-corrected chi connectivity index (χ4v) is 6.71. The largest absolute Gasteiger partial charge is 0.417 e. The first-order chi connectivity index (χ1) is 22.2. The number of nitrogens with zero attached hydrogens (tertiary/aromatic N) is 2. The van der Waals surface area contributed by atoms with Crippen LogP contribution in [0.1, 0.15) is 90.5 Å². The van der Waals surface area contributed by atoms with Gasteiger partial charge in [-0.2, -0.15) is 4.73 Å². The Kier molecular flexibility index (Phi) is 13.0. The number of hydrogen-bond acceptors (Lipinski definition) is 7. The number of nitrogens with two attached hydrogens (primary N) is 1. The SMILES string of the molecule is CCC(N)CCCCC[C@@H]1NC(=O)[C@H]2CCCCN2CC(=O)[C@H]([C@@H](C)CC)NC(=O)[C@H](Cc2cn(OC)c3ccccc23)NC1=O. The maximum absolute atomic E-state index is 14.1. The molecule has 11 heteroatoms. The number of piperidine rings is 1. The standard InChI is InChI=1S/C35H54N6O5/c1-5-23(3)32-31(42)22-40-19-13-12-18-30(40)35(45)37-27(16-9-7-8-14-25(36)6-2)33(43)38-28(34(44)39-32)20-24-21-41(46-4)29-17-11-10-15-26(24)29/h10-11,15,17,21,23,25,27-28,30,32H,5-9,12-14,16,18-20,22,36H2,1-4H3,(H,37,45)(H,38,43)(H,39,44)/t23-,25?,27-,28-,30+,32-/m0/s1. The van der Waals surface area contributed by atoms with Crippen LogP contribution in [0.25, 0.3) is 10.9 Å². The van der Waals surface area contributed by atoms with Gasteiger partial charge >= 0.3 is 0 Å². The molecular formula is C35H54N6O5. The van der Waals surface area contributed by atoms with Crippen LogP contribution >= 0.6 is 0 Å². The van der Waals surface area contributed by atoms with Crippen LogP contribution in [0.2, 0.25) is 0 Å². The van der Waals surface area contributed by atoms with Crippen LogP contribution in [0.3, 0.4) is 0 Å². The third-order valence-corrected chi connectivity index (χ3v) is 9.87. The summed E-state index contributed by atoms with van der Waals surface area (Å²) in [5, 5.41) is 9.95. The Labute approximate surface area is 273 Å². The zero-order chi connectivity index (χ0) is 33.2. The van der Waals surface area contributed by atoms with Crippen LogP contribution in [-0.4, -0.2) is 83.5 Å². The molecule has 0 radical (unpaired) electrons. The number of ketones is 1. The number of Topliss-reactive ketones (excluding diaryl/α,β-unsaturated/α-hetero) is 1. The highest BCUT2D eigenvalue weighted by Gasteiger charge is 2.37. The minimum atomic E-state index is -0.978. The highest BCUT2D eigenvalue weighted by Crippen LogP contribution is 2.23. The molecule has 2 aromatic rings. The Morgan fingerprint density at radius 1 is 0.935 bits per heavy atom. The molecule has 4 rings (SSSR count). The minimum absolute atomic E-state index is 0.0725. The van der Waals surface area contributed by atoms with Crippen LogP contribution < -0.4 is 26.5 Å². The summed E-state index contributed by atoms with van der Waals surface area (Å²) in [5.41, 5.74) is 7.76. The molecule has 0 aliphatic carbocycles. The number of aromatic nitrogens is 1. The number of hydrogen-bond donors (Lipinski definition) is 4. The topological polar surface area (TPSA) is 148 Å². The van der Waals surface area contributed by atoms with Gasteiger partial charge < -0.3 is 26.5 Å². The van der Waals surface area contributed by atoms with Gasteiger partial charge in [-0.15, -0.1) is 0 Å². The Hall–Kier alpha value is -3.44. The zero-order valence-electron chi connectivity index (χ0n) is 28.1. The smallest absolute Gasteiger partial charge is 0.243 e. The summed E-state index contributed by atoms with van der Waals surface area (Å²) in [6, 6.07) is 4.84. The van der Waals surface area contributed by atoms with Gasteiger partial charge in [-0.05, 0) is 56.2 Å². The van der Waals surface area contributed by atoms with Crippen molar-refractivity contribution in [3.63, 3.8) is 0 Å². The summed E-state index contributed by atoms with van der Waals surface area (Å²) in [6.07, 6.45) is 9.91. The molecule has 1 aromatic heterocycles. The average molecular weight is 639 g/mol. The number of amides is 3. The second-order valence-electron chi connectivity index (χ2n) is 13.1. The number of benzene rings is 1. The third-order valence-electron chi connectivity index (χ3n) is 9.87. The third kappa shape index (κ3) is 8.88. The molecule has 1 aromatic carbocycles. The van der Waals surface area contributed by atoms with E-state index in [-0.39, 0.29) is 36.6 Å². The van der Waals surface area contributed by atoms with Gasteiger partial charge in [0.25, 0.3) is 0 Å². The number of rotatable bonds is 12. The van der Waals surface area contributed by atoms with E-state index in [1.165, 1.54) is 0 Å². The Balaban J connectivity index is 1.66. The summed E-state index contributed by atoms with van der Waals surface area (Å²) >= 11 is 0. The van der Waals surface area contributed by atoms with Crippen molar-refractivity contribution in [1.82, 2.24) is 25.6 Å². The van der Waals surface area contributed by atoms with Gasteiger partial charge in [0.2, 0.25) is 17.7 Å². The Morgan fingerprint density at radius 2 is 1.67 bits per heavy atom. The molecule has 0 saturated carbocycles. The van der Waals surface area contributed by atoms with Gasteiger partial charge in [0.05, 0.1) is 24.1 Å². The molecule has 11 nitrogen and oxygen atoms in total. The number of nitrogens with one attached hydrogen (secondary N) is 3. The molecule has 46 heavy (non-hydrogen) atoms. The van der Waals surface area contributed by atoms with Crippen molar-refractivity contribution < 1.29 is 24.0 Å². The van der Waals surface area contributed by atoms with E-state index < -0.39 is 36.0 Å². The van der Waals surface area contributed by atoms with E-state index in [9.17, 15) is 19.2 Å². The molecule has 2 fully saturated rings.